The van der Waals surface area contributed by atoms with Gasteiger partial charge in [0.15, 0.2) is 0 Å². The first-order valence-electron chi connectivity index (χ1n) is 6.84. The minimum absolute atomic E-state index is 0.00960. The van der Waals surface area contributed by atoms with Crippen molar-refractivity contribution in [3.05, 3.63) is 78.6 Å². The van der Waals surface area contributed by atoms with E-state index in [1.165, 1.54) is 22.7 Å². The summed E-state index contributed by atoms with van der Waals surface area (Å²) in [5.74, 6) is -0.0969. The van der Waals surface area contributed by atoms with Crippen molar-refractivity contribution in [3.8, 4) is 0 Å². The molecule has 23 heavy (non-hydrogen) atoms. The standard InChI is InChI=1S/C17H12BrNO2S2/c18-12-8-15(22-10-12)17(21)19-9-13-6-7-14(23-13)16(20)11-4-2-1-3-5-11/h1-8,10H,9H2,(H,19,21). The van der Waals surface area contributed by atoms with Crippen LogP contribution in [0, 0.1) is 0 Å². The van der Waals surface area contributed by atoms with E-state index < -0.39 is 0 Å². The van der Waals surface area contributed by atoms with Gasteiger partial charge in [-0.3, -0.25) is 9.59 Å². The number of amides is 1. The molecule has 0 aliphatic carbocycles. The molecule has 0 saturated heterocycles. The van der Waals surface area contributed by atoms with Gasteiger partial charge in [-0.15, -0.1) is 22.7 Å². The Morgan fingerprint density at radius 2 is 1.83 bits per heavy atom. The number of thiophene rings is 2. The van der Waals surface area contributed by atoms with Crippen LogP contribution in [-0.4, -0.2) is 11.7 Å². The molecule has 2 aromatic heterocycles. The van der Waals surface area contributed by atoms with E-state index in [-0.39, 0.29) is 11.7 Å². The third kappa shape index (κ3) is 3.96. The van der Waals surface area contributed by atoms with Crippen LogP contribution in [0.4, 0.5) is 0 Å². The molecule has 0 atom stereocenters. The Labute approximate surface area is 150 Å². The van der Waals surface area contributed by atoms with Gasteiger partial charge in [-0.2, -0.15) is 0 Å². The highest BCUT2D eigenvalue weighted by atomic mass is 79.9. The lowest BCUT2D eigenvalue weighted by Gasteiger charge is -2.01. The molecule has 3 rings (SSSR count). The van der Waals surface area contributed by atoms with Crippen LogP contribution in [0.25, 0.3) is 0 Å². The summed E-state index contributed by atoms with van der Waals surface area (Å²) in [6, 6.07) is 14.7. The molecule has 0 spiro atoms. The second-order valence-electron chi connectivity index (χ2n) is 4.77. The fourth-order valence-electron chi connectivity index (χ4n) is 2.01. The van der Waals surface area contributed by atoms with Crippen molar-refractivity contribution in [3.63, 3.8) is 0 Å². The van der Waals surface area contributed by atoms with E-state index in [1.807, 2.05) is 35.7 Å². The van der Waals surface area contributed by atoms with Gasteiger partial charge in [0.1, 0.15) is 0 Å². The van der Waals surface area contributed by atoms with E-state index in [2.05, 4.69) is 21.2 Å². The summed E-state index contributed by atoms with van der Waals surface area (Å²) in [6.07, 6.45) is 0. The van der Waals surface area contributed by atoms with Crippen molar-refractivity contribution in [1.82, 2.24) is 5.32 Å². The third-order valence-corrected chi connectivity index (χ3v) is 5.91. The van der Waals surface area contributed by atoms with E-state index in [9.17, 15) is 9.59 Å². The summed E-state index contributed by atoms with van der Waals surface area (Å²) < 4.78 is 0.902. The number of benzene rings is 1. The molecular weight excluding hydrogens is 394 g/mol. The number of halogens is 1. The zero-order valence-electron chi connectivity index (χ0n) is 11.9. The van der Waals surface area contributed by atoms with Gasteiger partial charge < -0.3 is 5.32 Å². The second-order valence-corrected chi connectivity index (χ2v) is 7.77. The lowest BCUT2D eigenvalue weighted by molar-refractivity contribution is 0.0954. The average molecular weight is 406 g/mol. The summed E-state index contributed by atoms with van der Waals surface area (Å²) in [6.45, 7) is 0.418. The van der Waals surface area contributed by atoms with Crippen molar-refractivity contribution in [1.29, 1.82) is 0 Å². The summed E-state index contributed by atoms with van der Waals surface area (Å²) >= 11 is 6.13. The Kier molecular flexibility index (Phi) is 5.05. The van der Waals surface area contributed by atoms with Crippen LogP contribution in [0.5, 0.6) is 0 Å². The fourth-order valence-corrected chi connectivity index (χ4v) is 4.27. The van der Waals surface area contributed by atoms with Crippen LogP contribution in [0.15, 0.2) is 58.4 Å². The molecule has 2 heterocycles. The molecule has 0 aliphatic rings. The van der Waals surface area contributed by atoms with Crippen LogP contribution in [0.1, 0.15) is 29.8 Å². The molecule has 0 bridgehead atoms. The molecule has 1 N–H and O–H groups in total. The summed E-state index contributed by atoms with van der Waals surface area (Å²) in [5, 5.41) is 4.74. The number of rotatable bonds is 5. The Hall–Kier alpha value is -1.76. The highest BCUT2D eigenvalue weighted by molar-refractivity contribution is 9.10. The summed E-state index contributed by atoms with van der Waals surface area (Å²) in [7, 11) is 0. The summed E-state index contributed by atoms with van der Waals surface area (Å²) in [4.78, 5) is 26.6. The molecule has 0 fully saturated rings. The zero-order chi connectivity index (χ0) is 16.2. The van der Waals surface area contributed by atoms with Gasteiger partial charge in [-0.25, -0.2) is 0 Å². The summed E-state index contributed by atoms with van der Waals surface area (Å²) in [5.41, 5.74) is 0.674. The maximum Gasteiger partial charge on any atom is 0.261 e. The quantitative estimate of drug-likeness (QED) is 0.623. The maximum absolute atomic E-state index is 12.3. The SMILES string of the molecule is O=C(NCc1ccc(C(=O)c2ccccc2)s1)c1cc(Br)cs1. The fraction of sp³-hybridized carbons (Fsp3) is 0.0588. The molecule has 6 heteroatoms. The van der Waals surface area contributed by atoms with E-state index in [0.29, 0.717) is 21.9 Å². The molecule has 116 valence electrons. The van der Waals surface area contributed by atoms with Gasteiger partial charge in [-0.1, -0.05) is 30.3 Å². The molecule has 0 saturated carbocycles. The average Bonchev–Trinajstić information content (AvgIpc) is 3.22. The lowest BCUT2D eigenvalue weighted by atomic mass is 10.1. The molecule has 3 aromatic rings. The number of carbonyl (C=O) groups excluding carboxylic acids is 2. The van der Waals surface area contributed by atoms with E-state index in [0.717, 1.165) is 9.35 Å². The first-order valence-corrected chi connectivity index (χ1v) is 9.33. The van der Waals surface area contributed by atoms with Gasteiger partial charge in [0.25, 0.3) is 5.91 Å². The number of ketones is 1. The minimum atomic E-state index is -0.106. The lowest BCUT2D eigenvalue weighted by Crippen LogP contribution is -2.21. The van der Waals surface area contributed by atoms with Crippen molar-refractivity contribution in [2.45, 2.75) is 6.54 Å². The first-order chi connectivity index (χ1) is 11.1. The maximum atomic E-state index is 12.3. The largest absolute Gasteiger partial charge is 0.346 e. The molecule has 0 aliphatic heterocycles. The molecule has 1 amide bonds. The van der Waals surface area contributed by atoms with E-state index in [1.54, 1.807) is 18.2 Å². The van der Waals surface area contributed by atoms with Gasteiger partial charge in [0.2, 0.25) is 5.78 Å². The smallest absolute Gasteiger partial charge is 0.261 e. The molecule has 0 unspecified atom stereocenters. The van der Waals surface area contributed by atoms with Crippen molar-refractivity contribution >= 4 is 50.3 Å². The monoisotopic (exact) mass is 405 g/mol. The Morgan fingerprint density at radius 3 is 2.52 bits per heavy atom. The van der Waals surface area contributed by atoms with Gasteiger partial charge in [0.05, 0.1) is 16.3 Å². The Bertz CT molecular complexity index is 839. The van der Waals surface area contributed by atoms with Gasteiger partial charge in [0, 0.05) is 20.3 Å². The van der Waals surface area contributed by atoms with Gasteiger partial charge >= 0.3 is 0 Å². The minimum Gasteiger partial charge on any atom is -0.346 e. The molecular formula is C17H12BrNO2S2. The number of hydrogen-bond donors (Lipinski definition) is 1. The normalized spacial score (nSPS) is 10.5. The van der Waals surface area contributed by atoms with Crippen LogP contribution in [0.2, 0.25) is 0 Å². The predicted octanol–water partition coefficient (Wildman–Crippen LogP) is 4.73. The van der Waals surface area contributed by atoms with Crippen molar-refractivity contribution in [2.24, 2.45) is 0 Å². The van der Waals surface area contributed by atoms with E-state index >= 15 is 0 Å². The topological polar surface area (TPSA) is 46.2 Å². The predicted molar refractivity (Wildman–Crippen MR) is 97.4 cm³/mol. The number of carbonyl (C=O) groups is 2. The first kappa shape index (κ1) is 16.1. The van der Waals surface area contributed by atoms with Crippen LogP contribution in [0.3, 0.4) is 0 Å². The van der Waals surface area contributed by atoms with Crippen molar-refractivity contribution < 1.29 is 9.59 Å². The molecule has 3 nitrogen and oxygen atoms in total. The number of hydrogen-bond acceptors (Lipinski definition) is 4. The zero-order valence-corrected chi connectivity index (χ0v) is 15.1. The highest BCUT2D eigenvalue weighted by Crippen LogP contribution is 2.22. The molecule has 1 aromatic carbocycles. The van der Waals surface area contributed by atoms with Crippen molar-refractivity contribution in [2.75, 3.05) is 0 Å². The highest BCUT2D eigenvalue weighted by Gasteiger charge is 2.13. The van der Waals surface area contributed by atoms with Gasteiger partial charge in [-0.05, 0) is 34.1 Å². The number of nitrogens with one attached hydrogen (secondary N) is 1. The van der Waals surface area contributed by atoms with Crippen LogP contribution >= 0.6 is 38.6 Å². The Morgan fingerprint density at radius 1 is 1.04 bits per heavy atom. The third-order valence-electron chi connectivity index (χ3n) is 3.14. The van der Waals surface area contributed by atoms with Crippen LogP contribution in [-0.2, 0) is 6.54 Å². The Balaban J connectivity index is 1.63. The second kappa shape index (κ2) is 7.21. The van der Waals surface area contributed by atoms with E-state index in [4.69, 9.17) is 0 Å². The molecule has 0 radical (unpaired) electrons. The van der Waals surface area contributed by atoms with Crippen LogP contribution < -0.4 is 5.32 Å².